The van der Waals surface area contributed by atoms with Gasteiger partial charge in [0.25, 0.3) is 0 Å². The van der Waals surface area contributed by atoms with Gasteiger partial charge in [-0.1, -0.05) is 19.8 Å². The molecule has 0 aromatic carbocycles. The summed E-state index contributed by atoms with van der Waals surface area (Å²) in [6.07, 6.45) is 3.19. The Morgan fingerprint density at radius 1 is 1.56 bits per heavy atom. The maximum Gasteiger partial charge on any atom is 0.231 e. The molecule has 1 unspecified atom stereocenters. The summed E-state index contributed by atoms with van der Waals surface area (Å²) in [5, 5.41) is 4.82. The Balaban J connectivity index is 2.83. The van der Waals surface area contributed by atoms with E-state index in [1.54, 1.807) is 0 Å². The second-order valence-electron chi connectivity index (χ2n) is 1.79. The van der Waals surface area contributed by atoms with Crippen molar-refractivity contribution < 1.29 is 8.39 Å². The number of hydrogen-bond donors (Lipinski definition) is 1. The monoisotopic (exact) mass is 151 g/mol. The highest BCUT2D eigenvalue weighted by Gasteiger charge is 1.89. The number of rotatable bonds is 5. The van der Waals surface area contributed by atoms with Crippen molar-refractivity contribution in [3.05, 3.63) is 0 Å². The van der Waals surface area contributed by atoms with Crippen LogP contribution < -0.4 is 5.14 Å². The van der Waals surface area contributed by atoms with Crippen molar-refractivity contribution in [3.63, 3.8) is 0 Å². The third-order valence-corrected chi connectivity index (χ3v) is 1.35. The van der Waals surface area contributed by atoms with Crippen LogP contribution in [0.3, 0.4) is 0 Å². The molecule has 0 aliphatic rings. The average Bonchev–Trinajstić information content (AvgIpc) is 1.80. The van der Waals surface area contributed by atoms with Crippen LogP contribution in [0.15, 0.2) is 0 Å². The van der Waals surface area contributed by atoms with E-state index in [0.29, 0.717) is 6.61 Å². The molecular weight excluding hydrogens is 138 g/mol. The van der Waals surface area contributed by atoms with Gasteiger partial charge in [0.05, 0.1) is 6.61 Å². The lowest BCUT2D eigenvalue weighted by Crippen LogP contribution is -2.07. The van der Waals surface area contributed by atoms with E-state index in [9.17, 15) is 4.21 Å². The molecule has 0 saturated heterocycles. The van der Waals surface area contributed by atoms with Gasteiger partial charge in [0.1, 0.15) is 0 Å². The van der Waals surface area contributed by atoms with Crippen molar-refractivity contribution in [1.29, 1.82) is 0 Å². The highest BCUT2D eigenvalue weighted by atomic mass is 32.2. The lowest BCUT2D eigenvalue weighted by Gasteiger charge is -1.95. The van der Waals surface area contributed by atoms with Gasteiger partial charge in [-0.05, 0) is 6.42 Å². The van der Waals surface area contributed by atoms with E-state index in [1.165, 1.54) is 0 Å². The molecular formula is C5H13NO2S. The van der Waals surface area contributed by atoms with Gasteiger partial charge in [0, 0.05) is 0 Å². The Morgan fingerprint density at radius 2 is 2.22 bits per heavy atom. The number of unbranched alkanes of at least 4 members (excludes halogenated alkanes) is 2. The van der Waals surface area contributed by atoms with Gasteiger partial charge in [-0.3, -0.25) is 4.18 Å². The quantitative estimate of drug-likeness (QED) is 0.589. The molecule has 0 spiro atoms. The van der Waals surface area contributed by atoms with Crippen molar-refractivity contribution >= 4 is 11.3 Å². The van der Waals surface area contributed by atoms with Crippen LogP contribution in [0, 0.1) is 0 Å². The summed E-state index contributed by atoms with van der Waals surface area (Å²) in [6, 6.07) is 0. The van der Waals surface area contributed by atoms with Crippen LogP contribution in [0.4, 0.5) is 0 Å². The Bertz CT molecular complexity index is 87.0. The zero-order chi connectivity index (χ0) is 7.11. The molecule has 4 heteroatoms. The van der Waals surface area contributed by atoms with E-state index in [0.717, 1.165) is 19.3 Å². The molecule has 56 valence electrons. The van der Waals surface area contributed by atoms with Crippen molar-refractivity contribution in [2.24, 2.45) is 5.14 Å². The molecule has 3 nitrogen and oxygen atoms in total. The van der Waals surface area contributed by atoms with Crippen molar-refractivity contribution in [3.8, 4) is 0 Å². The first kappa shape index (κ1) is 9.07. The highest BCUT2D eigenvalue weighted by molar-refractivity contribution is 7.77. The lowest BCUT2D eigenvalue weighted by atomic mass is 10.3. The molecule has 0 radical (unpaired) electrons. The zero-order valence-electron chi connectivity index (χ0n) is 5.63. The molecule has 0 aromatic heterocycles. The van der Waals surface area contributed by atoms with Gasteiger partial charge in [-0.15, -0.1) is 0 Å². The van der Waals surface area contributed by atoms with Crippen molar-refractivity contribution in [2.75, 3.05) is 6.61 Å². The van der Waals surface area contributed by atoms with Crippen LogP contribution in [0.1, 0.15) is 26.2 Å². The van der Waals surface area contributed by atoms with E-state index < -0.39 is 11.3 Å². The van der Waals surface area contributed by atoms with Gasteiger partial charge >= 0.3 is 0 Å². The fraction of sp³-hybridized carbons (Fsp3) is 1.00. The first-order chi connectivity index (χ1) is 4.27. The lowest BCUT2D eigenvalue weighted by molar-refractivity contribution is 0.335. The maximum absolute atomic E-state index is 10.1. The smallest absolute Gasteiger partial charge is 0.231 e. The van der Waals surface area contributed by atoms with E-state index in [2.05, 4.69) is 11.1 Å². The predicted molar refractivity (Wildman–Crippen MR) is 37.8 cm³/mol. The molecule has 0 aliphatic carbocycles. The molecule has 0 heterocycles. The molecule has 0 fully saturated rings. The van der Waals surface area contributed by atoms with Crippen LogP contribution in [0.5, 0.6) is 0 Å². The molecule has 0 bridgehead atoms. The molecule has 9 heavy (non-hydrogen) atoms. The maximum atomic E-state index is 10.1. The minimum Gasteiger partial charge on any atom is -0.278 e. The normalized spacial score (nSPS) is 13.6. The average molecular weight is 151 g/mol. The molecule has 0 saturated carbocycles. The van der Waals surface area contributed by atoms with Gasteiger partial charge in [0.15, 0.2) is 0 Å². The zero-order valence-corrected chi connectivity index (χ0v) is 6.45. The van der Waals surface area contributed by atoms with Gasteiger partial charge in [-0.25, -0.2) is 9.35 Å². The number of hydrogen-bond acceptors (Lipinski definition) is 2. The first-order valence-corrected chi connectivity index (χ1v) is 4.20. The molecule has 0 rings (SSSR count). The van der Waals surface area contributed by atoms with Gasteiger partial charge < -0.3 is 0 Å². The minimum absolute atomic E-state index is 0.511. The second kappa shape index (κ2) is 6.19. The van der Waals surface area contributed by atoms with E-state index in [1.807, 2.05) is 0 Å². The topological polar surface area (TPSA) is 52.3 Å². The molecule has 0 amide bonds. The summed E-state index contributed by atoms with van der Waals surface area (Å²) >= 11 is -1.57. The predicted octanol–water partition coefficient (Wildman–Crippen LogP) is 0.731. The first-order valence-electron chi connectivity index (χ1n) is 3.06. The third-order valence-electron chi connectivity index (χ3n) is 0.947. The van der Waals surface area contributed by atoms with E-state index in [4.69, 9.17) is 5.14 Å². The summed E-state index contributed by atoms with van der Waals surface area (Å²) < 4.78 is 14.7. The van der Waals surface area contributed by atoms with Crippen LogP contribution >= 0.6 is 0 Å². The Kier molecular flexibility index (Phi) is 6.24. The summed E-state index contributed by atoms with van der Waals surface area (Å²) in [6.45, 7) is 2.61. The fourth-order valence-corrected chi connectivity index (χ4v) is 0.775. The van der Waals surface area contributed by atoms with Crippen LogP contribution in [0.2, 0.25) is 0 Å². The third kappa shape index (κ3) is 8.07. The SMILES string of the molecule is CCCCCOS(N)=O. The Morgan fingerprint density at radius 3 is 2.67 bits per heavy atom. The molecule has 0 aliphatic heterocycles. The van der Waals surface area contributed by atoms with E-state index in [-0.39, 0.29) is 0 Å². The van der Waals surface area contributed by atoms with Crippen molar-refractivity contribution in [1.82, 2.24) is 0 Å². The van der Waals surface area contributed by atoms with Gasteiger partial charge in [0.2, 0.25) is 11.3 Å². The summed E-state index contributed by atoms with van der Waals surface area (Å²) in [5.74, 6) is 0. The van der Waals surface area contributed by atoms with Crippen LogP contribution in [-0.2, 0) is 15.4 Å². The highest BCUT2D eigenvalue weighted by Crippen LogP contribution is 1.93. The standard InChI is InChI=1S/C5H13NO2S/c1-2-3-4-5-8-9(6)7/h2-6H2,1H3. The summed E-state index contributed by atoms with van der Waals surface area (Å²) in [5.41, 5.74) is 0. The van der Waals surface area contributed by atoms with Crippen LogP contribution in [0.25, 0.3) is 0 Å². The fourth-order valence-electron chi connectivity index (χ4n) is 0.493. The van der Waals surface area contributed by atoms with Crippen molar-refractivity contribution in [2.45, 2.75) is 26.2 Å². The van der Waals surface area contributed by atoms with Gasteiger partial charge in [-0.2, -0.15) is 0 Å². The summed E-state index contributed by atoms with van der Waals surface area (Å²) in [7, 11) is 0. The summed E-state index contributed by atoms with van der Waals surface area (Å²) in [4.78, 5) is 0. The molecule has 0 aromatic rings. The van der Waals surface area contributed by atoms with Crippen LogP contribution in [-0.4, -0.2) is 10.8 Å². The number of nitrogens with two attached hydrogens (primary N) is 1. The molecule has 1 atom stereocenters. The minimum atomic E-state index is -1.57. The van der Waals surface area contributed by atoms with E-state index >= 15 is 0 Å². The second-order valence-corrected chi connectivity index (χ2v) is 2.55. The Labute approximate surface area is 58.4 Å². The largest absolute Gasteiger partial charge is 0.278 e. The Hall–Kier alpha value is 0.0700. The molecule has 2 N–H and O–H groups in total.